The molecule has 0 aliphatic rings. The summed E-state index contributed by atoms with van der Waals surface area (Å²) in [5.41, 5.74) is 65.5. The molecule has 3 aromatic carbocycles. The van der Waals surface area contributed by atoms with Crippen molar-refractivity contribution in [1.29, 1.82) is 0 Å². The highest BCUT2D eigenvalue weighted by Gasteiger charge is 2.23. The number of allylic oxidation sites excluding steroid dienone is 14. The first-order valence-corrected chi connectivity index (χ1v) is 59.3. The second kappa shape index (κ2) is 144. The highest BCUT2D eigenvalue weighted by molar-refractivity contribution is 8.01. The van der Waals surface area contributed by atoms with Gasteiger partial charge < -0.3 is 99.4 Å². The molecule has 11 atom stereocenters. The van der Waals surface area contributed by atoms with E-state index in [0.717, 1.165) is 117 Å². The molecule has 848 valence electrons. The third-order valence-corrected chi connectivity index (χ3v) is 25.8. The van der Waals surface area contributed by atoms with E-state index in [-0.39, 0.29) is 49.9 Å². The van der Waals surface area contributed by atoms with Crippen molar-refractivity contribution in [1.82, 2.24) is 0 Å². The van der Waals surface area contributed by atoms with Crippen molar-refractivity contribution in [2.75, 3.05) is 85.3 Å². The summed E-state index contributed by atoms with van der Waals surface area (Å²) in [4.78, 5) is 65.0. The molecule has 145 heavy (non-hydrogen) atoms. The van der Waals surface area contributed by atoms with Gasteiger partial charge in [0.05, 0.1) is 25.7 Å². The highest BCUT2D eigenvalue weighted by Crippen LogP contribution is 2.25. The van der Waals surface area contributed by atoms with E-state index in [0.29, 0.717) is 105 Å². The van der Waals surface area contributed by atoms with Crippen LogP contribution in [0.25, 0.3) is 10.8 Å². The number of rotatable bonds is 60. The maximum atomic E-state index is 10.7. The quantitative estimate of drug-likeness (QED) is 0.0142. The molecule has 0 bridgehead atoms. The Kier molecular flexibility index (Phi) is 165. The molecule has 0 aliphatic carbocycles. The molecular formula is C115H220N12O12S6. The van der Waals surface area contributed by atoms with Crippen LogP contribution in [0.3, 0.4) is 0 Å². The Bertz CT molecular complexity index is 3170. The second-order valence-corrected chi connectivity index (χ2v) is 39.8. The molecule has 0 saturated heterocycles. The maximum absolute atomic E-state index is 10.7. The minimum Gasteiger partial charge on any atom is -0.481 e. The number of thioether (sulfide) groups is 6. The molecule has 3 aromatic rings. The first-order chi connectivity index (χ1) is 69.2. The highest BCUT2D eigenvalue weighted by atomic mass is 32.2. The topological polar surface area (TPSA) is 536 Å². The summed E-state index contributed by atoms with van der Waals surface area (Å²) in [7, 11) is 0. The van der Waals surface area contributed by atoms with Crippen molar-refractivity contribution >= 4 is 117 Å². The smallest absolute Gasteiger partial charge is 0.317 e. The van der Waals surface area contributed by atoms with Gasteiger partial charge in [0.25, 0.3) is 0 Å². The monoisotopic (exact) mass is 2150 g/mol. The van der Waals surface area contributed by atoms with Gasteiger partial charge in [-0.25, -0.2) is 0 Å². The summed E-state index contributed by atoms with van der Waals surface area (Å²) >= 11 is 9.29. The Morgan fingerprint density at radius 1 is 0.310 bits per heavy atom. The lowest BCUT2D eigenvalue weighted by Crippen LogP contribution is -2.37. The van der Waals surface area contributed by atoms with Crippen molar-refractivity contribution in [3.8, 4) is 0 Å². The molecule has 24 nitrogen and oxygen atoms in total. The normalized spacial score (nSPS) is 12.6. The zero-order chi connectivity index (χ0) is 114. The van der Waals surface area contributed by atoms with Gasteiger partial charge in [-0.3, -0.25) is 28.8 Å². The molecule has 0 spiro atoms. The van der Waals surface area contributed by atoms with Gasteiger partial charge in [-0.1, -0.05) is 316 Å². The van der Waals surface area contributed by atoms with Crippen molar-refractivity contribution in [2.45, 2.75) is 375 Å². The van der Waals surface area contributed by atoms with E-state index in [9.17, 15) is 28.8 Å². The average Bonchev–Trinajstić information content (AvgIpc) is 0.844. The van der Waals surface area contributed by atoms with Gasteiger partial charge in [-0.05, 0) is 222 Å². The van der Waals surface area contributed by atoms with Crippen LogP contribution >= 0.6 is 70.6 Å². The summed E-state index contributed by atoms with van der Waals surface area (Å²) in [6, 6.07) is 26.5. The van der Waals surface area contributed by atoms with Crippen LogP contribution < -0.4 is 68.8 Å². The van der Waals surface area contributed by atoms with Crippen LogP contribution in [0.15, 0.2) is 205 Å². The van der Waals surface area contributed by atoms with Crippen LogP contribution in [0.5, 0.6) is 0 Å². The molecular weight excluding hydrogens is 1930 g/mol. The van der Waals surface area contributed by atoms with E-state index < -0.39 is 46.3 Å². The van der Waals surface area contributed by atoms with Gasteiger partial charge in [0.15, 0.2) is 0 Å². The van der Waals surface area contributed by atoms with Crippen LogP contribution in [-0.4, -0.2) is 198 Å². The fourth-order valence-corrected chi connectivity index (χ4v) is 15.2. The summed E-state index contributed by atoms with van der Waals surface area (Å²) in [5.74, 6) is 2.42. The molecule has 0 aromatic heterocycles. The van der Waals surface area contributed by atoms with Crippen molar-refractivity contribution < 1.29 is 59.4 Å². The van der Waals surface area contributed by atoms with E-state index in [2.05, 4.69) is 284 Å². The Hall–Kier alpha value is -6.24. The number of benzene rings is 3. The number of carbonyl (C=O) groups is 6. The molecule has 30 N–H and O–H groups in total. The average molecular weight is 2160 g/mol. The number of fused-ring (bicyclic) bond motifs is 1. The van der Waals surface area contributed by atoms with Gasteiger partial charge in [0.2, 0.25) is 0 Å². The lowest BCUT2D eigenvalue weighted by atomic mass is 10.1. The van der Waals surface area contributed by atoms with Gasteiger partial charge >= 0.3 is 35.8 Å². The molecule has 0 radical (unpaired) electrons. The van der Waals surface area contributed by atoms with Crippen molar-refractivity contribution in [3.63, 3.8) is 0 Å². The third kappa shape index (κ3) is 163. The predicted molar refractivity (Wildman–Crippen MR) is 655 cm³/mol. The zero-order valence-electron chi connectivity index (χ0n) is 94.6. The largest absolute Gasteiger partial charge is 0.481 e. The summed E-state index contributed by atoms with van der Waals surface area (Å²) in [6.07, 6.45) is 61.9. The fraction of sp³-hybridized carbons (Fsp3) is 0.635. The number of hydrogen-bond acceptors (Lipinski definition) is 24. The van der Waals surface area contributed by atoms with Crippen LogP contribution in [0.2, 0.25) is 0 Å². The van der Waals surface area contributed by atoms with Crippen LogP contribution in [0.1, 0.15) is 319 Å². The van der Waals surface area contributed by atoms with Gasteiger partial charge in [0.1, 0.15) is 10.5 Å². The molecule has 0 saturated carbocycles. The van der Waals surface area contributed by atoms with E-state index in [1.165, 1.54) is 84.8 Å². The van der Waals surface area contributed by atoms with Crippen molar-refractivity contribution in [2.24, 2.45) is 86.6 Å². The molecule has 11 unspecified atom stereocenters. The minimum absolute atomic E-state index is 0.0253. The minimum atomic E-state index is -1.11. The third-order valence-electron chi connectivity index (χ3n) is 19.0. The molecule has 0 amide bonds. The van der Waals surface area contributed by atoms with Gasteiger partial charge in [-0.2, -0.15) is 23.5 Å². The number of carboxylic acids is 6. The molecule has 3 rings (SSSR count). The summed E-state index contributed by atoms with van der Waals surface area (Å²) in [6.45, 7) is 55.3. The number of nitrogens with two attached hydrogens (primary N) is 12. The Labute approximate surface area is 912 Å². The Morgan fingerprint density at radius 2 is 0.593 bits per heavy atom. The van der Waals surface area contributed by atoms with Crippen LogP contribution in [-0.2, 0) is 28.8 Å². The van der Waals surface area contributed by atoms with E-state index in [1.54, 1.807) is 23.5 Å². The molecule has 0 aliphatic heterocycles. The number of hydrogen-bond donors (Lipinski definition) is 18. The Morgan fingerprint density at radius 3 is 0.848 bits per heavy atom. The maximum Gasteiger partial charge on any atom is 0.317 e. The first kappa shape index (κ1) is 167. The van der Waals surface area contributed by atoms with Crippen LogP contribution in [0, 0.1) is 17.8 Å². The number of carboxylic acid groups (broad SMARTS) is 6. The van der Waals surface area contributed by atoms with Gasteiger partial charge in [0, 0.05) is 96.8 Å². The second-order valence-electron chi connectivity index (χ2n) is 32.4. The standard InChI is InChI=1S/C15H19NS.C11H17NS.C9H17NO4S.C8H16N2O4S.C8H18N2O2S.C8H17NO2S.6C6H12.4C5H11N/c1-2-14(16)9-10-17-15-8-7-12-5-3-4-6-13(12)11-15;1-2-10(12)8-9-13-11-6-4-3-5-7-11;1-2-6(10)3-4-15-7(9(13)14)5-8(11)12;9-4-5(10)1-2-15-6(8(13)14)3-7(11)12;1-6(7(10)4-9)5-13-3-2-8(11)12;1-2-7(9)3-5-12-6-4-8(10)11;2*1-4-6(3)5-2;4*1-3-5-6-4-2;4*1-2-3-4-5-6/h3-8,11,14H,2,9-10,16H2,1H3;3-7,10H,2,8-9,12H2,1H3;6-7H,2-5,10H2,1H3,(H,11,12)(H,13,14);5-6H,1-4,9-10H2,(H,11,12)(H,13,14);6-7H,2-5,9-10H2,1H3,(H,11,12);7H,2-6,9H2,1H3,(H,10,11);2*4,6H,1,5H2,2-3H3;4*5-6H,3-4H2,1-2H3;4*3-4H,2,5-6H2,1H3/b;;;;;;;;4*6-5-;4*4-3+. The first-order valence-electron chi connectivity index (χ1n) is 52.9. The van der Waals surface area contributed by atoms with Crippen LogP contribution in [0.4, 0.5) is 0 Å². The number of aliphatic carboxylic acids is 6. The zero-order valence-corrected chi connectivity index (χ0v) is 99.5. The molecule has 30 heteroatoms. The summed E-state index contributed by atoms with van der Waals surface area (Å²) < 4.78 is 0. The SMILES string of the molecule is C=CC(C)CC.C=CC(C)CC.CC(CSCCC(=O)O)C(N)CN.CC/C=C/CN.CC/C=C/CN.CC/C=C/CN.CC/C=C/CN.CC/C=C\CC.CC/C=C\CC.CC/C=C\CC.CC/C=C\CC.CCC(N)CCSC(CC(=O)O)C(=O)O.CCC(N)CCSCCC(=O)O.CCC(N)CCSc1ccc2ccccc2c1.CCC(N)CCSc1ccccc1.NCC(N)CCSC(CC(=O)O)C(=O)O. The Balaban J connectivity index is -0.000000119. The summed E-state index contributed by atoms with van der Waals surface area (Å²) in [5, 5.41) is 51.9. The van der Waals surface area contributed by atoms with E-state index in [1.807, 2.05) is 79.9 Å². The van der Waals surface area contributed by atoms with E-state index >= 15 is 0 Å². The van der Waals surface area contributed by atoms with Crippen molar-refractivity contribution in [3.05, 3.63) is 195 Å². The fourth-order valence-electron chi connectivity index (χ4n) is 8.84. The molecule has 0 heterocycles. The molecule has 0 fully saturated rings. The van der Waals surface area contributed by atoms with Gasteiger partial charge in [-0.15, -0.1) is 60.2 Å². The predicted octanol–water partition coefficient (Wildman–Crippen LogP) is 26.0. The lowest BCUT2D eigenvalue weighted by molar-refractivity contribution is -0.142. The lowest BCUT2D eigenvalue weighted by Gasteiger charge is -2.17. The van der Waals surface area contributed by atoms with E-state index in [4.69, 9.17) is 99.4 Å².